The van der Waals surface area contributed by atoms with Crippen LogP contribution in [0.2, 0.25) is 0 Å². The molecule has 2 heterocycles. The minimum absolute atomic E-state index is 0.283. The van der Waals surface area contributed by atoms with Crippen molar-refractivity contribution in [1.29, 1.82) is 0 Å². The fourth-order valence-electron chi connectivity index (χ4n) is 5.40. The summed E-state index contributed by atoms with van der Waals surface area (Å²) in [5.41, 5.74) is 6.58. The molecule has 3 N–H and O–H groups in total. The molecule has 0 radical (unpaired) electrons. The van der Waals surface area contributed by atoms with Crippen LogP contribution in [-0.2, 0) is 20.0 Å². The van der Waals surface area contributed by atoms with Crippen molar-refractivity contribution >= 4 is 17.0 Å². The number of hydrogen-bond donors (Lipinski definition) is 3. The number of aryl methyl sites for hydroxylation is 2. The normalized spacial score (nSPS) is 18.0. The van der Waals surface area contributed by atoms with Gasteiger partial charge in [0.15, 0.2) is 5.65 Å². The number of fused-ring (bicyclic) bond motifs is 2. The topological polar surface area (TPSA) is 87.9 Å². The first kappa shape index (κ1) is 21.1. The Morgan fingerprint density at radius 2 is 1.88 bits per heavy atom. The van der Waals surface area contributed by atoms with Gasteiger partial charge in [-0.05, 0) is 54.5 Å². The van der Waals surface area contributed by atoms with Gasteiger partial charge in [-0.15, -0.1) is 0 Å². The summed E-state index contributed by atoms with van der Waals surface area (Å²) >= 11 is 0. The Labute approximate surface area is 199 Å². The maximum Gasteiger partial charge on any atom is 0.224 e. The molecule has 0 amide bonds. The molecule has 2 aromatic carbocycles. The maximum atomic E-state index is 9.85. The molecule has 4 aromatic rings. The summed E-state index contributed by atoms with van der Waals surface area (Å²) in [7, 11) is 1.94. The Morgan fingerprint density at radius 3 is 2.71 bits per heavy atom. The molecular formula is C27H30N6O. The van der Waals surface area contributed by atoms with Gasteiger partial charge in [0.25, 0.3) is 0 Å². The first-order chi connectivity index (χ1) is 16.6. The van der Waals surface area contributed by atoms with Gasteiger partial charge in [-0.25, -0.2) is 9.67 Å². The van der Waals surface area contributed by atoms with Gasteiger partial charge >= 0.3 is 0 Å². The first-order valence-electron chi connectivity index (χ1n) is 12.2. The van der Waals surface area contributed by atoms with Gasteiger partial charge in [-0.3, -0.25) is 0 Å². The third-order valence-corrected chi connectivity index (χ3v) is 7.26. The molecule has 2 aromatic heterocycles. The van der Waals surface area contributed by atoms with Crippen molar-refractivity contribution in [2.45, 2.75) is 57.2 Å². The molecule has 0 spiro atoms. The summed E-state index contributed by atoms with van der Waals surface area (Å²) in [4.78, 5) is 9.33. The third kappa shape index (κ3) is 4.01. The lowest BCUT2D eigenvalue weighted by molar-refractivity contribution is 0.471. The van der Waals surface area contributed by atoms with Gasteiger partial charge in [-0.2, -0.15) is 10.1 Å². The lowest BCUT2D eigenvalue weighted by atomic mass is 10.1. The van der Waals surface area contributed by atoms with Gasteiger partial charge < -0.3 is 15.7 Å². The van der Waals surface area contributed by atoms with E-state index in [1.165, 1.54) is 42.4 Å². The first-order valence-corrected chi connectivity index (χ1v) is 12.2. The van der Waals surface area contributed by atoms with Crippen molar-refractivity contribution in [1.82, 2.24) is 25.1 Å². The van der Waals surface area contributed by atoms with Crippen LogP contribution in [0.3, 0.4) is 0 Å². The largest absolute Gasteiger partial charge is 0.508 e. The molecule has 6 rings (SSSR count). The van der Waals surface area contributed by atoms with Gasteiger partial charge in [-0.1, -0.05) is 43.2 Å². The summed E-state index contributed by atoms with van der Waals surface area (Å²) in [6, 6.07) is 15.0. The predicted octanol–water partition coefficient (Wildman–Crippen LogP) is 4.87. The van der Waals surface area contributed by atoms with E-state index < -0.39 is 0 Å². The van der Waals surface area contributed by atoms with Gasteiger partial charge in [0.05, 0.1) is 5.39 Å². The number of nitrogens with zero attached hydrogens (tertiary/aromatic N) is 4. The number of phenolic OH excluding ortho intramolecular Hbond substituents is 1. The smallest absolute Gasteiger partial charge is 0.224 e. The predicted molar refractivity (Wildman–Crippen MR) is 134 cm³/mol. The Balaban J connectivity index is 1.17. The highest BCUT2D eigenvalue weighted by Crippen LogP contribution is 2.34. The second-order valence-electron chi connectivity index (χ2n) is 9.58. The van der Waals surface area contributed by atoms with Crippen LogP contribution in [0.25, 0.3) is 22.3 Å². The van der Waals surface area contributed by atoms with E-state index in [-0.39, 0.29) is 6.04 Å². The molecule has 2 aliphatic rings. The van der Waals surface area contributed by atoms with E-state index in [0.29, 0.717) is 17.7 Å². The molecule has 1 fully saturated rings. The van der Waals surface area contributed by atoms with E-state index in [0.717, 1.165) is 41.7 Å². The van der Waals surface area contributed by atoms with Gasteiger partial charge in [0.1, 0.15) is 11.4 Å². The molecule has 1 atom stereocenters. The number of nitrogens with one attached hydrogen (secondary N) is 2. The van der Waals surface area contributed by atoms with Crippen molar-refractivity contribution in [2.75, 3.05) is 5.32 Å². The SMILES string of the molecule is Cn1nc(-c2ccc(CN[C@@H]3CCc4ccc(O)cc43)cc2)c2cnc(NC3CCCC3)nc21. The van der Waals surface area contributed by atoms with Crippen LogP contribution in [0.4, 0.5) is 5.95 Å². The van der Waals surface area contributed by atoms with E-state index in [9.17, 15) is 5.11 Å². The van der Waals surface area contributed by atoms with Crippen molar-refractivity contribution in [3.8, 4) is 17.0 Å². The van der Waals surface area contributed by atoms with Crippen LogP contribution in [0.5, 0.6) is 5.75 Å². The van der Waals surface area contributed by atoms with Crippen molar-refractivity contribution in [2.24, 2.45) is 7.05 Å². The Morgan fingerprint density at radius 1 is 1.06 bits per heavy atom. The molecule has 0 aliphatic heterocycles. The van der Waals surface area contributed by atoms with Crippen LogP contribution >= 0.6 is 0 Å². The highest BCUT2D eigenvalue weighted by molar-refractivity contribution is 5.91. The fraction of sp³-hybridized carbons (Fsp3) is 0.370. The average molecular weight is 455 g/mol. The summed E-state index contributed by atoms with van der Waals surface area (Å²) in [5, 5.41) is 22.7. The van der Waals surface area contributed by atoms with Crippen LogP contribution < -0.4 is 10.6 Å². The van der Waals surface area contributed by atoms with Gasteiger partial charge in [0.2, 0.25) is 5.95 Å². The number of benzene rings is 2. The lowest BCUT2D eigenvalue weighted by Crippen LogP contribution is -2.18. The van der Waals surface area contributed by atoms with Crippen molar-refractivity contribution in [3.63, 3.8) is 0 Å². The zero-order valence-electron chi connectivity index (χ0n) is 19.5. The Kier molecular flexibility index (Phi) is 5.41. The fourth-order valence-corrected chi connectivity index (χ4v) is 5.40. The number of phenols is 1. The zero-order chi connectivity index (χ0) is 23.1. The summed E-state index contributed by atoms with van der Waals surface area (Å²) in [6.45, 7) is 0.780. The molecule has 174 valence electrons. The van der Waals surface area contributed by atoms with Crippen LogP contribution in [0.15, 0.2) is 48.7 Å². The van der Waals surface area contributed by atoms with Crippen LogP contribution in [-0.4, -0.2) is 30.9 Å². The number of rotatable bonds is 6. The Bertz CT molecular complexity index is 1320. The zero-order valence-corrected chi connectivity index (χ0v) is 19.5. The minimum atomic E-state index is 0.283. The summed E-state index contributed by atoms with van der Waals surface area (Å²) < 4.78 is 1.84. The van der Waals surface area contributed by atoms with E-state index in [1.807, 2.05) is 30.1 Å². The monoisotopic (exact) mass is 454 g/mol. The third-order valence-electron chi connectivity index (χ3n) is 7.26. The maximum absolute atomic E-state index is 9.85. The summed E-state index contributed by atoms with van der Waals surface area (Å²) in [5.74, 6) is 1.03. The lowest BCUT2D eigenvalue weighted by Gasteiger charge is -2.14. The summed E-state index contributed by atoms with van der Waals surface area (Å²) in [6.07, 6.45) is 8.94. The van der Waals surface area contributed by atoms with Crippen LogP contribution in [0.1, 0.15) is 54.8 Å². The van der Waals surface area contributed by atoms with E-state index >= 15 is 0 Å². The second-order valence-corrected chi connectivity index (χ2v) is 9.58. The standard InChI is InChI=1S/C27H30N6O/c1-33-26-23(16-29-27(31-26)30-20-4-2-3-5-20)25(32-33)19-8-6-17(7-9-19)15-28-24-13-11-18-10-12-21(34)14-22(18)24/h6-10,12,14,16,20,24,28,34H,2-5,11,13,15H2,1H3,(H,29,30,31)/t24-/m1/s1. The Hall–Kier alpha value is -3.45. The highest BCUT2D eigenvalue weighted by Gasteiger charge is 2.22. The molecular weight excluding hydrogens is 424 g/mol. The van der Waals surface area contributed by atoms with E-state index in [1.54, 1.807) is 6.07 Å². The minimum Gasteiger partial charge on any atom is -0.508 e. The second kappa shape index (κ2) is 8.72. The number of hydrogen-bond acceptors (Lipinski definition) is 6. The molecule has 0 bridgehead atoms. The van der Waals surface area contributed by atoms with Crippen molar-refractivity contribution in [3.05, 3.63) is 65.4 Å². The quantitative estimate of drug-likeness (QED) is 0.385. The van der Waals surface area contributed by atoms with Crippen LogP contribution in [0, 0.1) is 0 Å². The molecule has 34 heavy (non-hydrogen) atoms. The van der Waals surface area contributed by atoms with Gasteiger partial charge in [0, 0.05) is 37.4 Å². The molecule has 0 unspecified atom stereocenters. The molecule has 2 aliphatic carbocycles. The number of anilines is 1. The molecule has 7 heteroatoms. The number of aromatic hydroxyl groups is 1. The number of aromatic nitrogens is 4. The van der Waals surface area contributed by atoms with Crippen molar-refractivity contribution < 1.29 is 5.11 Å². The molecule has 1 saturated carbocycles. The highest BCUT2D eigenvalue weighted by atomic mass is 16.3. The average Bonchev–Trinajstić information content (AvgIpc) is 3.58. The molecule has 7 nitrogen and oxygen atoms in total. The molecule has 0 saturated heterocycles. The van der Waals surface area contributed by atoms with E-state index in [2.05, 4.69) is 39.9 Å². The van der Waals surface area contributed by atoms with E-state index in [4.69, 9.17) is 10.1 Å².